The molecule has 2 aromatic carbocycles. The molecule has 0 bridgehead atoms. The molecule has 3 aromatic rings. The van der Waals surface area contributed by atoms with E-state index < -0.39 is 10.0 Å². The standard InChI is InChI=1S/C23H29N3O4S/c1-15-5-6-21(29-4)22(9-15)31(27,28)25-20-10-18-7-8-30-23(18)19(11-20)14-26-13-16(2)24-12-17(26)3/h5-11,16-17,24-25H,12-14H2,1-4H3/t16-,17+/m0/s1. The summed E-state index contributed by atoms with van der Waals surface area (Å²) < 4.78 is 40.1. The predicted octanol–water partition coefficient (Wildman–Crippen LogP) is 3.73. The molecule has 31 heavy (non-hydrogen) atoms. The maximum Gasteiger partial charge on any atom is 0.265 e. The summed E-state index contributed by atoms with van der Waals surface area (Å²) in [6.45, 7) is 8.72. The molecular weight excluding hydrogens is 414 g/mol. The summed E-state index contributed by atoms with van der Waals surface area (Å²) in [7, 11) is -2.36. The Balaban J connectivity index is 1.68. The van der Waals surface area contributed by atoms with Crippen molar-refractivity contribution in [2.75, 3.05) is 24.9 Å². The van der Waals surface area contributed by atoms with E-state index in [0.717, 1.165) is 35.2 Å². The van der Waals surface area contributed by atoms with E-state index in [1.165, 1.54) is 7.11 Å². The molecule has 4 rings (SSSR count). The number of nitrogens with zero attached hydrogens (tertiary/aromatic N) is 1. The maximum absolute atomic E-state index is 13.2. The first-order valence-electron chi connectivity index (χ1n) is 10.4. The van der Waals surface area contributed by atoms with Gasteiger partial charge in [-0.1, -0.05) is 6.07 Å². The van der Waals surface area contributed by atoms with E-state index in [2.05, 4.69) is 28.8 Å². The summed E-state index contributed by atoms with van der Waals surface area (Å²) in [6, 6.07) is 11.4. The second-order valence-electron chi connectivity index (χ2n) is 8.32. The highest BCUT2D eigenvalue weighted by Gasteiger charge is 2.25. The number of nitrogens with one attached hydrogen (secondary N) is 2. The Morgan fingerprint density at radius 3 is 2.81 bits per heavy atom. The Morgan fingerprint density at radius 2 is 2.03 bits per heavy atom. The van der Waals surface area contributed by atoms with Crippen molar-refractivity contribution in [3.63, 3.8) is 0 Å². The summed E-state index contributed by atoms with van der Waals surface area (Å²) in [5.74, 6) is 0.311. The topological polar surface area (TPSA) is 83.8 Å². The van der Waals surface area contributed by atoms with E-state index in [-0.39, 0.29) is 4.90 Å². The summed E-state index contributed by atoms with van der Waals surface area (Å²) >= 11 is 0. The van der Waals surface area contributed by atoms with Gasteiger partial charge in [0.15, 0.2) is 0 Å². The van der Waals surface area contributed by atoms with Crippen LogP contribution in [0.2, 0.25) is 0 Å². The van der Waals surface area contributed by atoms with E-state index >= 15 is 0 Å². The lowest BCUT2D eigenvalue weighted by atomic mass is 10.1. The molecule has 7 nitrogen and oxygen atoms in total. The third kappa shape index (κ3) is 4.56. The van der Waals surface area contributed by atoms with Crippen LogP contribution in [0.1, 0.15) is 25.0 Å². The number of methoxy groups -OCH3 is 1. The van der Waals surface area contributed by atoms with Gasteiger partial charge in [-0.15, -0.1) is 0 Å². The average Bonchev–Trinajstić information content (AvgIpc) is 3.19. The van der Waals surface area contributed by atoms with Crippen LogP contribution in [0.3, 0.4) is 0 Å². The van der Waals surface area contributed by atoms with Gasteiger partial charge < -0.3 is 14.5 Å². The average molecular weight is 444 g/mol. The zero-order valence-electron chi connectivity index (χ0n) is 18.3. The van der Waals surface area contributed by atoms with Gasteiger partial charge in [0.25, 0.3) is 10.0 Å². The van der Waals surface area contributed by atoms with E-state index in [4.69, 9.17) is 9.15 Å². The molecule has 1 aliphatic heterocycles. The number of hydrogen-bond donors (Lipinski definition) is 2. The lowest BCUT2D eigenvalue weighted by Crippen LogP contribution is -2.53. The number of rotatable bonds is 6. The fourth-order valence-corrected chi connectivity index (χ4v) is 5.37. The van der Waals surface area contributed by atoms with Crippen LogP contribution in [0.15, 0.2) is 52.0 Å². The molecule has 0 unspecified atom stereocenters. The summed E-state index contributed by atoms with van der Waals surface area (Å²) in [5.41, 5.74) is 3.09. The number of fused-ring (bicyclic) bond motifs is 1. The largest absolute Gasteiger partial charge is 0.495 e. The van der Waals surface area contributed by atoms with Crippen molar-refractivity contribution in [3.05, 3.63) is 53.8 Å². The smallest absolute Gasteiger partial charge is 0.265 e. The molecule has 2 heterocycles. The van der Waals surface area contributed by atoms with Gasteiger partial charge in [0.05, 0.1) is 19.1 Å². The fourth-order valence-electron chi connectivity index (χ4n) is 4.07. The van der Waals surface area contributed by atoms with Crippen LogP contribution in [0.25, 0.3) is 11.0 Å². The molecule has 8 heteroatoms. The predicted molar refractivity (Wildman–Crippen MR) is 122 cm³/mol. The van der Waals surface area contributed by atoms with Crippen LogP contribution < -0.4 is 14.8 Å². The van der Waals surface area contributed by atoms with Crippen molar-refractivity contribution in [1.29, 1.82) is 0 Å². The van der Waals surface area contributed by atoms with Gasteiger partial charge in [0, 0.05) is 42.7 Å². The Kier molecular flexibility index (Phi) is 5.96. The zero-order valence-corrected chi connectivity index (χ0v) is 19.1. The van der Waals surface area contributed by atoms with Gasteiger partial charge in [-0.25, -0.2) is 8.42 Å². The molecule has 0 aliphatic carbocycles. The number of sulfonamides is 1. The molecule has 1 aliphatic rings. The Hall–Kier alpha value is -2.55. The van der Waals surface area contributed by atoms with E-state index in [0.29, 0.717) is 30.1 Å². The van der Waals surface area contributed by atoms with Crippen LogP contribution in [0, 0.1) is 6.92 Å². The van der Waals surface area contributed by atoms with Gasteiger partial charge >= 0.3 is 0 Å². The second-order valence-corrected chi connectivity index (χ2v) is 9.97. The molecule has 166 valence electrons. The molecule has 0 amide bonds. The number of furan rings is 1. The molecule has 1 fully saturated rings. The number of piperazine rings is 1. The molecule has 1 aromatic heterocycles. The maximum atomic E-state index is 13.2. The van der Waals surface area contributed by atoms with Crippen molar-refractivity contribution in [3.8, 4) is 5.75 Å². The first kappa shape index (κ1) is 21.7. The van der Waals surface area contributed by atoms with Gasteiger partial charge in [-0.05, 0) is 56.7 Å². The van der Waals surface area contributed by atoms with Crippen molar-refractivity contribution in [2.24, 2.45) is 0 Å². The third-order valence-corrected chi connectivity index (χ3v) is 7.16. The number of benzene rings is 2. The lowest BCUT2D eigenvalue weighted by Gasteiger charge is -2.37. The Bertz CT molecular complexity index is 1190. The number of hydrogen-bond acceptors (Lipinski definition) is 6. The highest BCUT2D eigenvalue weighted by atomic mass is 32.2. The van der Waals surface area contributed by atoms with Gasteiger partial charge in [0.1, 0.15) is 16.2 Å². The van der Waals surface area contributed by atoms with Gasteiger partial charge in [-0.2, -0.15) is 0 Å². The quantitative estimate of drug-likeness (QED) is 0.604. The number of anilines is 1. The van der Waals surface area contributed by atoms with Crippen molar-refractivity contribution in [2.45, 2.75) is 44.3 Å². The minimum absolute atomic E-state index is 0.119. The first-order valence-corrected chi connectivity index (χ1v) is 11.9. The van der Waals surface area contributed by atoms with Crippen LogP contribution in [0.4, 0.5) is 5.69 Å². The number of ether oxygens (including phenoxy) is 1. The molecule has 2 atom stereocenters. The SMILES string of the molecule is COc1ccc(C)cc1S(=O)(=O)Nc1cc(CN2C[C@H](C)NC[C@H]2C)c2occc2c1. The summed E-state index contributed by atoms with van der Waals surface area (Å²) in [5, 5.41) is 4.35. The minimum Gasteiger partial charge on any atom is -0.495 e. The Labute approximate surface area is 183 Å². The fraction of sp³-hybridized carbons (Fsp3) is 0.391. The summed E-state index contributed by atoms with van der Waals surface area (Å²) in [4.78, 5) is 2.51. The Morgan fingerprint density at radius 1 is 1.23 bits per heavy atom. The lowest BCUT2D eigenvalue weighted by molar-refractivity contribution is 0.139. The molecule has 0 spiro atoms. The molecule has 1 saturated heterocycles. The van der Waals surface area contributed by atoms with Crippen molar-refractivity contribution in [1.82, 2.24) is 10.2 Å². The summed E-state index contributed by atoms with van der Waals surface area (Å²) in [6.07, 6.45) is 1.64. The minimum atomic E-state index is -3.83. The third-order valence-electron chi connectivity index (χ3n) is 5.76. The first-order chi connectivity index (χ1) is 14.8. The van der Waals surface area contributed by atoms with Crippen LogP contribution >= 0.6 is 0 Å². The molecular formula is C23H29N3O4S. The molecule has 0 saturated carbocycles. The highest BCUT2D eigenvalue weighted by molar-refractivity contribution is 7.92. The zero-order chi connectivity index (χ0) is 22.2. The highest BCUT2D eigenvalue weighted by Crippen LogP contribution is 2.31. The normalized spacial score (nSPS) is 20.1. The van der Waals surface area contributed by atoms with E-state index in [9.17, 15) is 8.42 Å². The van der Waals surface area contributed by atoms with Crippen LogP contribution in [0.5, 0.6) is 5.75 Å². The van der Waals surface area contributed by atoms with E-state index in [1.54, 1.807) is 24.5 Å². The van der Waals surface area contributed by atoms with Crippen molar-refractivity contribution >= 4 is 26.7 Å². The van der Waals surface area contributed by atoms with Gasteiger partial charge in [-0.3, -0.25) is 9.62 Å². The second kappa shape index (κ2) is 8.53. The number of aryl methyl sites for hydroxylation is 1. The monoisotopic (exact) mass is 443 g/mol. The van der Waals surface area contributed by atoms with E-state index in [1.807, 2.05) is 25.1 Å². The van der Waals surface area contributed by atoms with Crippen LogP contribution in [-0.2, 0) is 16.6 Å². The van der Waals surface area contributed by atoms with Crippen molar-refractivity contribution < 1.29 is 17.6 Å². The molecule has 0 radical (unpaired) electrons. The van der Waals surface area contributed by atoms with Crippen LogP contribution in [-0.4, -0.2) is 45.6 Å². The van der Waals surface area contributed by atoms with Gasteiger partial charge in [0.2, 0.25) is 0 Å². The molecule has 2 N–H and O–H groups in total.